The molecule has 2 saturated heterocycles. The summed E-state index contributed by atoms with van der Waals surface area (Å²) in [7, 11) is 1.56. The third-order valence-electron chi connectivity index (χ3n) is 14.8. The minimum absolute atomic E-state index is 0.0240. The number of hydrogen-bond donors (Lipinski definition) is 5. The molecular formula is C58H67N15O9. The summed E-state index contributed by atoms with van der Waals surface area (Å²) < 4.78 is 21.3. The van der Waals surface area contributed by atoms with E-state index in [9.17, 15) is 29.4 Å². The second-order valence-electron chi connectivity index (χ2n) is 20.6. The van der Waals surface area contributed by atoms with Crippen LogP contribution in [0.4, 0.5) is 16.6 Å². The summed E-state index contributed by atoms with van der Waals surface area (Å²) in [5.74, 6) is 1.33. The number of carbonyl (C=O) groups is 4. The van der Waals surface area contributed by atoms with E-state index in [2.05, 4.69) is 45.6 Å². The second kappa shape index (κ2) is 25.1. The fraction of sp³-hybridized carbons (Fsp3) is 0.379. The Morgan fingerprint density at radius 2 is 1.54 bits per heavy atom. The van der Waals surface area contributed by atoms with Gasteiger partial charge >= 0.3 is 6.09 Å². The Balaban J connectivity index is 0.661. The lowest BCUT2D eigenvalue weighted by Crippen LogP contribution is -2.49. The molecule has 82 heavy (non-hydrogen) atoms. The maximum absolute atomic E-state index is 13.5. The molecule has 3 aromatic heterocycles. The fourth-order valence-corrected chi connectivity index (χ4v) is 10.3. The molecule has 24 nitrogen and oxygen atoms in total. The van der Waals surface area contributed by atoms with Gasteiger partial charge < -0.3 is 50.6 Å². The topological polar surface area (TPSA) is 286 Å². The minimum Gasteiger partial charge on any atom is -0.508 e. The highest BCUT2D eigenvalue weighted by atomic mass is 16.6. The lowest BCUT2D eigenvalue weighted by atomic mass is 9.98. The first-order chi connectivity index (χ1) is 39.7. The molecule has 7 aromatic rings. The number of piperazine rings is 2. The Hall–Kier alpha value is -9.16. The lowest BCUT2D eigenvalue weighted by molar-refractivity contribution is -0.132. The van der Waals surface area contributed by atoms with Crippen molar-refractivity contribution in [3.63, 3.8) is 0 Å². The van der Waals surface area contributed by atoms with Gasteiger partial charge in [-0.25, -0.2) is 19.7 Å². The summed E-state index contributed by atoms with van der Waals surface area (Å²) in [5.41, 5.74) is 9.97. The van der Waals surface area contributed by atoms with Crippen LogP contribution in [0.5, 0.6) is 28.7 Å². The number of rotatable bonds is 17. The number of phenols is 2. The first-order valence-corrected chi connectivity index (χ1v) is 27.6. The van der Waals surface area contributed by atoms with Crippen LogP contribution in [0.1, 0.15) is 77.2 Å². The van der Waals surface area contributed by atoms with Crippen LogP contribution < -0.4 is 36.2 Å². The van der Waals surface area contributed by atoms with E-state index in [0.29, 0.717) is 118 Å². The van der Waals surface area contributed by atoms with Crippen LogP contribution in [0.25, 0.3) is 28.0 Å². The SMILES string of the molecule is CCNC(=O)c1nnc(-c2cc(C(C)C)c(O)cc2O)n1-c1ccc(CN2CCN(C(=O)Cc3ccc(OC(=O)N4CCN(CCCOc5ccc6c7n(c(=NC(=O)c8cnc(N)nc8)nc6c5OC)CCCN7)CC4)cc3)CC2)cc1. The van der Waals surface area contributed by atoms with E-state index in [1.807, 2.05) is 78.8 Å². The molecule has 428 valence electrons. The molecule has 3 aliphatic heterocycles. The summed E-state index contributed by atoms with van der Waals surface area (Å²) in [5, 5.41) is 37.0. The lowest BCUT2D eigenvalue weighted by Gasteiger charge is -2.35. The van der Waals surface area contributed by atoms with Crippen molar-refractivity contribution in [1.29, 1.82) is 0 Å². The van der Waals surface area contributed by atoms with Gasteiger partial charge in [0.25, 0.3) is 11.8 Å². The summed E-state index contributed by atoms with van der Waals surface area (Å²) in [6.07, 6.45) is 4.02. The summed E-state index contributed by atoms with van der Waals surface area (Å²) in [6, 6.07) is 21.6. The van der Waals surface area contributed by atoms with Crippen molar-refractivity contribution in [1.82, 2.24) is 59.2 Å². The normalized spacial score (nSPS) is 15.1. The second-order valence-corrected chi connectivity index (χ2v) is 20.6. The van der Waals surface area contributed by atoms with Gasteiger partial charge in [0.1, 0.15) is 28.6 Å². The number of nitrogens with one attached hydrogen (secondary N) is 2. The zero-order valence-corrected chi connectivity index (χ0v) is 46.4. The van der Waals surface area contributed by atoms with E-state index in [0.717, 1.165) is 48.3 Å². The van der Waals surface area contributed by atoms with Gasteiger partial charge in [0.05, 0.1) is 31.3 Å². The molecule has 0 unspecified atom stereocenters. The maximum Gasteiger partial charge on any atom is 0.415 e. The monoisotopic (exact) mass is 1120 g/mol. The molecule has 0 radical (unpaired) electrons. The molecule has 10 rings (SSSR count). The molecule has 24 heteroatoms. The van der Waals surface area contributed by atoms with Crippen LogP contribution in [0.15, 0.2) is 90.2 Å². The van der Waals surface area contributed by atoms with Gasteiger partial charge in [-0.15, -0.1) is 10.2 Å². The van der Waals surface area contributed by atoms with Gasteiger partial charge in [-0.3, -0.25) is 33.3 Å². The molecule has 6 heterocycles. The van der Waals surface area contributed by atoms with Crippen molar-refractivity contribution >= 4 is 46.5 Å². The summed E-state index contributed by atoms with van der Waals surface area (Å²) in [4.78, 5) is 78.1. The Kier molecular flexibility index (Phi) is 17.2. The van der Waals surface area contributed by atoms with Gasteiger partial charge in [0, 0.05) is 115 Å². The molecule has 6 N–H and O–H groups in total. The number of ether oxygens (including phenoxy) is 3. The number of nitrogen functional groups attached to an aromatic ring is 1. The van der Waals surface area contributed by atoms with Crippen molar-refractivity contribution in [3.05, 3.63) is 119 Å². The number of phenolic OH excluding ortho intramolecular Hbond substituents is 2. The number of anilines is 2. The highest BCUT2D eigenvalue weighted by Crippen LogP contribution is 2.39. The van der Waals surface area contributed by atoms with Crippen LogP contribution in [0.2, 0.25) is 0 Å². The van der Waals surface area contributed by atoms with E-state index in [1.165, 1.54) is 18.5 Å². The molecule has 0 spiro atoms. The maximum atomic E-state index is 13.5. The Morgan fingerprint density at radius 3 is 2.24 bits per heavy atom. The average Bonchev–Trinajstić information content (AvgIpc) is 4.11. The van der Waals surface area contributed by atoms with Crippen LogP contribution in [0, 0.1) is 0 Å². The number of aromatic hydroxyl groups is 2. The molecule has 4 amide bonds. The number of amides is 4. The van der Waals surface area contributed by atoms with Crippen molar-refractivity contribution in [2.75, 3.05) is 96.8 Å². The van der Waals surface area contributed by atoms with Gasteiger partial charge in [0.15, 0.2) is 17.3 Å². The van der Waals surface area contributed by atoms with Crippen molar-refractivity contribution in [2.45, 2.75) is 59.0 Å². The standard InChI is InChI=1S/C58H67N15O9/c1-5-60-55(78)53-67-66-52(44-31-43(36(2)3)45(74)32-46(44)75)73(53)40-12-8-38(9-13-40)35-69-23-25-70(26-24-69)48(76)30-37-10-14-41(15-11-37)82-58(79)71-27-21-68(22-28-71)19-7-29-81-47-17-16-42-49(50(47)80-4)64-57(72-20-6-18-61-51(42)72)65-54(77)39-33-62-56(59)63-34-39/h8-17,31-34,36,61,74-75H,5-7,18-30,35H2,1-4H3,(H,60,78)(H2,59,62,63). The van der Waals surface area contributed by atoms with E-state index < -0.39 is 17.9 Å². The first kappa shape index (κ1) is 56.1. The predicted octanol–water partition coefficient (Wildman–Crippen LogP) is 4.98. The van der Waals surface area contributed by atoms with E-state index in [1.54, 1.807) is 34.8 Å². The first-order valence-electron chi connectivity index (χ1n) is 27.6. The number of carbonyl (C=O) groups excluding carboxylic acids is 4. The fourth-order valence-electron chi connectivity index (χ4n) is 10.3. The number of hydrogen-bond acceptors (Lipinski definition) is 18. The third-order valence-corrected chi connectivity index (χ3v) is 14.8. The molecular weight excluding hydrogens is 1050 g/mol. The highest BCUT2D eigenvalue weighted by Gasteiger charge is 2.28. The number of fused-ring (bicyclic) bond motifs is 3. The van der Waals surface area contributed by atoms with Crippen LogP contribution in [-0.2, 0) is 24.3 Å². The minimum atomic E-state index is -0.549. The van der Waals surface area contributed by atoms with Crippen LogP contribution in [0.3, 0.4) is 0 Å². The average molecular weight is 1120 g/mol. The third kappa shape index (κ3) is 12.6. The molecule has 0 atom stereocenters. The quantitative estimate of drug-likeness (QED) is 0.0752. The molecule has 2 fully saturated rings. The molecule has 3 aliphatic rings. The summed E-state index contributed by atoms with van der Waals surface area (Å²) >= 11 is 0. The van der Waals surface area contributed by atoms with E-state index in [-0.39, 0.29) is 58.5 Å². The van der Waals surface area contributed by atoms with Crippen LogP contribution in [-0.4, -0.2) is 174 Å². The molecule has 4 aromatic carbocycles. The van der Waals surface area contributed by atoms with Gasteiger partial charge in [-0.2, -0.15) is 4.99 Å². The van der Waals surface area contributed by atoms with Gasteiger partial charge in [0.2, 0.25) is 23.3 Å². The van der Waals surface area contributed by atoms with E-state index in [4.69, 9.17) is 24.9 Å². The molecule has 0 bridgehead atoms. The highest BCUT2D eigenvalue weighted by molar-refractivity contribution is 5.96. The number of methoxy groups -OCH3 is 1. The zero-order valence-electron chi connectivity index (χ0n) is 46.4. The van der Waals surface area contributed by atoms with Gasteiger partial charge in [-0.1, -0.05) is 38.1 Å². The number of nitrogens with zero attached hydrogens (tertiary/aromatic N) is 12. The zero-order chi connectivity index (χ0) is 57.4. The molecule has 0 saturated carbocycles. The number of aromatic nitrogens is 7. The predicted molar refractivity (Wildman–Crippen MR) is 304 cm³/mol. The molecule has 0 aliphatic carbocycles. The summed E-state index contributed by atoms with van der Waals surface area (Å²) in [6.45, 7) is 14.2. The Bertz CT molecular complexity index is 3540. The smallest absolute Gasteiger partial charge is 0.415 e. The van der Waals surface area contributed by atoms with Crippen molar-refractivity contribution < 1.29 is 43.6 Å². The number of benzene rings is 4. The van der Waals surface area contributed by atoms with E-state index >= 15 is 0 Å². The van der Waals surface area contributed by atoms with Crippen LogP contribution >= 0.6 is 0 Å². The van der Waals surface area contributed by atoms with Crippen molar-refractivity contribution in [2.24, 2.45) is 4.99 Å². The number of nitrogens with two attached hydrogens (primary N) is 1. The van der Waals surface area contributed by atoms with Gasteiger partial charge in [-0.05, 0) is 84.8 Å². The Labute approximate surface area is 473 Å². The van der Waals surface area contributed by atoms with Crippen molar-refractivity contribution in [3.8, 4) is 45.8 Å². The largest absolute Gasteiger partial charge is 0.508 e. The Morgan fingerprint density at radius 1 is 0.829 bits per heavy atom.